The van der Waals surface area contributed by atoms with Crippen LogP contribution in [0.15, 0.2) is 11.6 Å². The molecule has 5 aliphatic rings. The fraction of sp³-hybridized carbons (Fsp3) is 0.739. The van der Waals surface area contributed by atoms with Gasteiger partial charge in [0.05, 0.1) is 5.92 Å². The summed E-state index contributed by atoms with van der Waals surface area (Å²) in [5, 5.41) is 8.37. The van der Waals surface area contributed by atoms with Gasteiger partial charge in [0, 0.05) is 43.0 Å². The minimum Gasteiger partial charge on any atom is -0.355 e. The van der Waals surface area contributed by atoms with E-state index in [0.717, 1.165) is 49.9 Å². The predicted molar refractivity (Wildman–Crippen MR) is 118 cm³/mol. The SMILES string of the molecule is O=C(Nc1nccs1)C1CCCN(C(=O)CCNC(=O)C23CC4CC(CC(C4)C2)C3)C1. The Kier molecular flexibility index (Phi) is 5.75. The van der Waals surface area contributed by atoms with Gasteiger partial charge in [-0.3, -0.25) is 14.4 Å². The smallest absolute Gasteiger partial charge is 0.231 e. The largest absolute Gasteiger partial charge is 0.355 e. The Morgan fingerprint density at radius 1 is 1.13 bits per heavy atom. The molecule has 5 fully saturated rings. The van der Waals surface area contributed by atoms with E-state index in [1.54, 1.807) is 11.1 Å². The van der Waals surface area contributed by atoms with Crippen LogP contribution in [-0.4, -0.2) is 47.2 Å². The van der Waals surface area contributed by atoms with Crippen LogP contribution in [-0.2, 0) is 14.4 Å². The maximum Gasteiger partial charge on any atom is 0.231 e. The maximum atomic E-state index is 13.1. The van der Waals surface area contributed by atoms with Crippen LogP contribution in [0.25, 0.3) is 0 Å². The van der Waals surface area contributed by atoms with Crippen LogP contribution in [0.4, 0.5) is 5.13 Å². The van der Waals surface area contributed by atoms with Crippen molar-refractivity contribution < 1.29 is 14.4 Å². The van der Waals surface area contributed by atoms with Crippen molar-refractivity contribution in [2.75, 3.05) is 25.0 Å². The number of piperidine rings is 1. The molecule has 4 bridgehead atoms. The predicted octanol–water partition coefficient (Wildman–Crippen LogP) is 3.04. The molecule has 4 saturated carbocycles. The first-order valence-corrected chi connectivity index (χ1v) is 12.7. The van der Waals surface area contributed by atoms with E-state index >= 15 is 0 Å². The van der Waals surface area contributed by atoms with E-state index in [0.29, 0.717) is 31.2 Å². The number of hydrogen-bond donors (Lipinski definition) is 2. The van der Waals surface area contributed by atoms with Crippen molar-refractivity contribution in [2.45, 2.75) is 57.8 Å². The van der Waals surface area contributed by atoms with Gasteiger partial charge < -0.3 is 15.5 Å². The summed E-state index contributed by atoms with van der Waals surface area (Å²) in [5.41, 5.74) is -0.165. The first kappa shape index (κ1) is 20.9. The molecule has 2 N–H and O–H groups in total. The van der Waals surface area contributed by atoms with Crippen molar-refractivity contribution in [3.05, 3.63) is 11.6 Å². The van der Waals surface area contributed by atoms with Gasteiger partial charge >= 0.3 is 0 Å². The van der Waals surface area contributed by atoms with Crippen molar-refractivity contribution in [1.29, 1.82) is 0 Å². The van der Waals surface area contributed by atoms with Gasteiger partial charge in [0.2, 0.25) is 17.7 Å². The first-order valence-electron chi connectivity index (χ1n) is 11.8. The Morgan fingerprint density at radius 3 is 2.48 bits per heavy atom. The van der Waals surface area contributed by atoms with Gasteiger partial charge in [0.25, 0.3) is 0 Å². The number of aromatic nitrogens is 1. The molecular formula is C23H32N4O3S. The zero-order chi connectivity index (χ0) is 21.4. The van der Waals surface area contributed by atoms with E-state index in [2.05, 4.69) is 15.6 Å². The number of carbonyl (C=O) groups excluding carboxylic acids is 3. The van der Waals surface area contributed by atoms with E-state index in [1.165, 1.54) is 30.6 Å². The molecule has 3 amide bonds. The maximum absolute atomic E-state index is 13.1. The minimum absolute atomic E-state index is 0.0255. The highest BCUT2D eigenvalue weighted by molar-refractivity contribution is 7.13. The molecule has 7 nitrogen and oxygen atoms in total. The number of nitrogens with zero attached hydrogens (tertiary/aromatic N) is 2. The highest BCUT2D eigenvalue weighted by atomic mass is 32.1. The highest BCUT2D eigenvalue weighted by Gasteiger charge is 2.54. The summed E-state index contributed by atoms with van der Waals surface area (Å²) < 4.78 is 0. The van der Waals surface area contributed by atoms with Crippen molar-refractivity contribution in [3.8, 4) is 0 Å². The molecule has 1 saturated heterocycles. The number of amides is 3. The first-order chi connectivity index (χ1) is 15.0. The molecule has 1 atom stereocenters. The third kappa shape index (κ3) is 4.36. The third-order valence-corrected chi connectivity index (χ3v) is 8.64. The molecule has 1 aliphatic heterocycles. The van der Waals surface area contributed by atoms with Gasteiger partial charge in [0.1, 0.15) is 0 Å². The molecule has 4 aliphatic carbocycles. The van der Waals surface area contributed by atoms with Crippen molar-refractivity contribution in [3.63, 3.8) is 0 Å². The van der Waals surface area contributed by atoms with Crippen LogP contribution in [0.1, 0.15) is 57.8 Å². The molecule has 8 heteroatoms. The van der Waals surface area contributed by atoms with Gasteiger partial charge in [-0.15, -0.1) is 11.3 Å². The monoisotopic (exact) mass is 444 g/mol. The number of likely N-dealkylation sites (tertiary alicyclic amines) is 1. The summed E-state index contributed by atoms with van der Waals surface area (Å²) in [5.74, 6) is 2.14. The Morgan fingerprint density at radius 2 is 1.84 bits per heavy atom. The molecule has 0 aromatic carbocycles. The Hall–Kier alpha value is -1.96. The van der Waals surface area contributed by atoms with Crippen LogP contribution in [0.2, 0.25) is 0 Å². The molecule has 6 rings (SSSR count). The second-order valence-electron chi connectivity index (χ2n) is 10.2. The fourth-order valence-electron chi connectivity index (χ4n) is 6.93. The average molecular weight is 445 g/mol. The number of thiazole rings is 1. The molecule has 168 valence electrons. The average Bonchev–Trinajstić information content (AvgIpc) is 3.25. The van der Waals surface area contributed by atoms with E-state index in [1.807, 2.05) is 5.38 Å². The molecular weight excluding hydrogens is 412 g/mol. The van der Waals surface area contributed by atoms with E-state index in [9.17, 15) is 14.4 Å². The van der Waals surface area contributed by atoms with E-state index < -0.39 is 0 Å². The highest BCUT2D eigenvalue weighted by Crippen LogP contribution is 2.60. The molecule has 1 aromatic rings. The lowest BCUT2D eigenvalue weighted by Crippen LogP contribution is -2.54. The summed E-state index contributed by atoms with van der Waals surface area (Å²) >= 11 is 1.39. The van der Waals surface area contributed by atoms with Gasteiger partial charge in [-0.25, -0.2) is 4.98 Å². The fourth-order valence-corrected chi connectivity index (χ4v) is 7.46. The van der Waals surface area contributed by atoms with Gasteiger partial charge in [-0.05, 0) is 69.1 Å². The number of anilines is 1. The van der Waals surface area contributed by atoms with Crippen molar-refractivity contribution >= 4 is 34.2 Å². The second-order valence-corrected chi connectivity index (χ2v) is 11.1. The topological polar surface area (TPSA) is 91.4 Å². The summed E-state index contributed by atoms with van der Waals surface area (Å²) in [6.45, 7) is 1.52. The standard InChI is InChI=1S/C23H32N4O3S/c28-19(27-6-1-2-18(14-27)20(29)26-22-25-5-7-31-22)3-4-24-21(30)23-11-15-8-16(12-23)10-17(9-15)13-23/h5,7,15-18H,1-4,6,8-14H2,(H,24,30)(H,25,26,29). The van der Waals surface area contributed by atoms with Crippen molar-refractivity contribution in [1.82, 2.24) is 15.2 Å². The number of hydrogen-bond acceptors (Lipinski definition) is 5. The third-order valence-electron chi connectivity index (χ3n) is 7.95. The van der Waals surface area contributed by atoms with Gasteiger partial charge in [-0.1, -0.05) is 0 Å². The molecule has 1 unspecified atom stereocenters. The van der Waals surface area contributed by atoms with Crippen LogP contribution >= 0.6 is 11.3 Å². The summed E-state index contributed by atoms with van der Waals surface area (Å²) in [6.07, 6.45) is 10.6. The summed E-state index contributed by atoms with van der Waals surface area (Å²) in [4.78, 5) is 44.2. The van der Waals surface area contributed by atoms with Crippen LogP contribution in [0.3, 0.4) is 0 Å². The Labute approximate surface area is 187 Å². The van der Waals surface area contributed by atoms with Crippen molar-refractivity contribution in [2.24, 2.45) is 29.1 Å². The zero-order valence-electron chi connectivity index (χ0n) is 18.0. The number of rotatable bonds is 6. The number of nitrogens with one attached hydrogen (secondary N) is 2. The Balaban J connectivity index is 1.09. The minimum atomic E-state index is -0.205. The van der Waals surface area contributed by atoms with Crippen LogP contribution in [0, 0.1) is 29.1 Å². The second kappa shape index (κ2) is 8.52. The normalized spacial score (nSPS) is 33.9. The molecule has 0 radical (unpaired) electrons. The summed E-state index contributed by atoms with van der Waals surface area (Å²) in [6, 6.07) is 0. The van der Waals surface area contributed by atoms with Crippen LogP contribution in [0.5, 0.6) is 0 Å². The van der Waals surface area contributed by atoms with Crippen LogP contribution < -0.4 is 10.6 Å². The lowest BCUT2D eigenvalue weighted by atomic mass is 9.49. The molecule has 0 spiro atoms. The van der Waals surface area contributed by atoms with Gasteiger partial charge in [0.15, 0.2) is 5.13 Å². The number of carbonyl (C=O) groups is 3. The summed E-state index contributed by atoms with van der Waals surface area (Å²) in [7, 11) is 0. The quantitative estimate of drug-likeness (QED) is 0.706. The molecule has 1 aromatic heterocycles. The molecule has 31 heavy (non-hydrogen) atoms. The Bertz CT molecular complexity index is 805. The van der Waals surface area contributed by atoms with Gasteiger partial charge in [-0.2, -0.15) is 0 Å². The lowest BCUT2D eigenvalue weighted by Gasteiger charge is -2.55. The molecule has 2 heterocycles. The van der Waals surface area contributed by atoms with E-state index in [4.69, 9.17) is 0 Å². The van der Waals surface area contributed by atoms with E-state index in [-0.39, 0.29) is 29.1 Å². The lowest BCUT2D eigenvalue weighted by molar-refractivity contribution is -0.146. The zero-order valence-corrected chi connectivity index (χ0v) is 18.8.